The number of fused-ring (bicyclic) bond motifs is 1. The fourth-order valence-electron chi connectivity index (χ4n) is 1.71. The smallest absolute Gasteiger partial charge is 0.279 e. The van der Waals surface area contributed by atoms with Crippen LogP contribution < -0.4 is 5.73 Å². The van der Waals surface area contributed by atoms with Gasteiger partial charge in [-0.15, -0.1) is 0 Å². The fraction of sp³-hybridized carbons (Fsp3) is 0.857. The summed E-state index contributed by atoms with van der Waals surface area (Å²) in [6.07, 6.45) is -1.58. The van der Waals surface area contributed by atoms with E-state index in [9.17, 15) is 5.11 Å². The van der Waals surface area contributed by atoms with Crippen LogP contribution in [0.2, 0.25) is 0 Å². The van der Waals surface area contributed by atoms with Gasteiger partial charge in [0.2, 0.25) is 0 Å². The number of aliphatic hydroxyl groups is 1. The van der Waals surface area contributed by atoms with Crippen LogP contribution in [0.15, 0.2) is 0 Å². The highest BCUT2D eigenvalue weighted by Gasteiger charge is 2.48. The summed E-state index contributed by atoms with van der Waals surface area (Å²) >= 11 is 0. The Kier molecular flexibility index (Phi) is 2.10. The molecule has 0 aromatic rings. The zero-order valence-electron chi connectivity index (χ0n) is 6.97. The van der Waals surface area contributed by atoms with Crippen molar-refractivity contribution in [3.8, 4) is 0 Å². The van der Waals surface area contributed by atoms with Crippen LogP contribution in [0, 0.1) is 5.41 Å². The minimum absolute atomic E-state index is 0.257. The third-order valence-electron chi connectivity index (χ3n) is 2.26. The van der Waals surface area contributed by atoms with Crippen LogP contribution in [-0.2, 0) is 14.2 Å². The van der Waals surface area contributed by atoms with Gasteiger partial charge in [-0.3, -0.25) is 5.41 Å². The van der Waals surface area contributed by atoms with Crippen molar-refractivity contribution in [3.05, 3.63) is 0 Å². The summed E-state index contributed by atoms with van der Waals surface area (Å²) in [5.74, 6) is 0. The quantitative estimate of drug-likeness (QED) is 0.341. The van der Waals surface area contributed by atoms with Gasteiger partial charge in [-0.1, -0.05) is 0 Å². The largest absolute Gasteiger partial charge is 0.457 e. The van der Waals surface area contributed by atoms with Gasteiger partial charge in [0.15, 0.2) is 6.10 Å². The Balaban J connectivity index is 1.98. The number of aliphatic hydroxyl groups excluding tert-OH is 1. The molecule has 4 N–H and O–H groups in total. The molecule has 0 aromatic heterocycles. The van der Waals surface area contributed by atoms with Crippen molar-refractivity contribution in [3.63, 3.8) is 0 Å². The zero-order valence-corrected chi connectivity index (χ0v) is 6.97. The van der Waals surface area contributed by atoms with Crippen LogP contribution in [0.4, 0.5) is 0 Å². The molecule has 6 nitrogen and oxygen atoms in total. The predicted molar refractivity (Wildman–Crippen MR) is 42.3 cm³/mol. The van der Waals surface area contributed by atoms with Gasteiger partial charge in [0.25, 0.3) is 6.02 Å². The SMILES string of the molecule is N=C(N)O[C@@H]1CO[C@H]2[C@@H]1OC[C@H]2O. The number of nitrogens with two attached hydrogens (primary N) is 1. The van der Waals surface area contributed by atoms with Crippen molar-refractivity contribution in [1.29, 1.82) is 5.41 Å². The number of hydrogen-bond acceptors (Lipinski definition) is 5. The maximum Gasteiger partial charge on any atom is 0.279 e. The molecule has 0 aliphatic carbocycles. The van der Waals surface area contributed by atoms with Crippen molar-refractivity contribution in [2.45, 2.75) is 24.4 Å². The minimum Gasteiger partial charge on any atom is -0.457 e. The van der Waals surface area contributed by atoms with E-state index in [0.29, 0.717) is 6.61 Å². The lowest BCUT2D eigenvalue weighted by Gasteiger charge is -2.15. The summed E-state index contributed by atoms with van der Waals surface area (Å²) in [5, 5.41) is 16.3. The van der Waals surface area contributed by atoms with Gasteiger partial charge in [0, 0.05) is 0 Å². The molecular weight excluding hydrogens is 176 g/mol. The topological polar surface area (TPSA) is 97.8 Å². The summed E-state index contributed by atoms with van der Waals surface area (Å²) < 4.78 is 15.5. The number of rotatable bonds is 1. The van der Waals surface area contributed by atoms with Gasteiger partial charge < -0.3 is 25.1 Å². The highest BCUT2D eigenvalue weighted by Crippen LogP contribution is 2.28. The van der Waals surface area contributed by atoms with Crippen molar-refractivity contribution in [1.82, 2.24) is 0 Å². The number of amidine groups is 1. The molecule has 0 saturated carbocycles. The van der Waals surface area contributed by atoms with Crippen LogP contribution in [0.25, 0.3) is 0 Å². The Labute approximate surface area is 75.1 Å². The normalized spacial score (nSPS) is 43.2. The fourth-order valence-corrected chi connectivity index (χ4v) is 1.71. The Hall–Kier alpha value is -0.850. The van der Waals surface area contributed by atoms with E-state index in [2.05, 4.69) is 0 Å². The Morgan fingerprint density at radius 1 is 1.38 bits per heavy atom. The number of hydrogen-bond donors (Lipinski definition) is 3. The molecule has 0 spiro atoms. The third kappa shape index (κ3) is 1.48. The molecule has 6 heteroatoms. The van der Waals surface area contributed by atoms with Gasteiger partial charge in [-0.2, -0.15) is 0 Å². The average Bonchev–Trinajstić information content (AvgIpc) is 2.56. The van der Waals surface area contributed by atoms with Crippen molar-refractivity contribution >= 4 is 6.02 Å². The first-order valence-corrected chi connectivity index (χ1v) is 4.10. The van der Waals surface area contributed by atoms with Crippen molar-refractivity contribution in [2.75, 3.05) is 13.2 Å². The molecule has 2 heterocycles. The van der Waals surface area contributed by atoms with E-state index in [1.807, 2.05) is 0 Å². The second-order valence-corrected chi connectivity index (χ2v) is 3.18. The molecule has 74 valence electrons. The first kappa shape index (κ1) is 8.74. The lowest BCUT2D eigenvalue weighted by molar-refractivity contribution is 0.00530. The monoisotopic (exact) mass is 188 g/mol. The molecule has 2 fully saturated rings. The lowest BCUT2D eigenvalue weighted by atomic mass is 10.1. The molecule has 2 aliphatic heterocycles. The van der Waals surface area contributed by atoms with Gasteiger partial charge >= 0.3 is 0 Å². The molecular formula is C7H12N2O4. The van der Waals surface area contributed by atoms with Crippen LogP contribution in [-0.4, -0.2) is 48.8 Å². The Morgan fingerprint density at radius 2 is 2.08 bits per heavy atom. The third-order valence-corrected chi connectivity index (χ3v) is 2.26. The maximum atomic E-state index is 9.36. The molecule has 0 aromatic carbocycles. The Bertz CT molecular complexity index is 223. The summed E-state index contributed by atoms with van der Waals surface area (Å²) in [6, 6.07) is -0.348. The van der Waals surface area contributed by atoms with Crippen LogP contribution in [0.3, 0.4) is 0 Å². The van der Waals surface area contributed by atoms with Crippen LogP contribution >= 0.6 is 0 Å². The van der Waals surface area contributed by atoms with E-state index in [4.69, 9.17) is 25.4 Å². The zero-order chi connectivity index (χ0) is 9.42. The van der Waals surface area contributed by atoms with Gasteiger partial charge in [-0.25, -0.2) is 0 Å². The van der Waals surface area contributed by atoms with Crippen molar-refractivity contribution in [2.24, 2.45) is 5.73 Å². The van der Waals surface area contributed by atoms with Gasteiger partial charge in [-0.05, 0) is 0 Å². The molecule has 0 bridgehead atoms. The van der Waals surface area contributed by atoms with Crippen molar-refractivity contribution < 1.29 is 19.3 Å². The van der Waals surface area contributed by atoms with E-state index < -0.39 is 6.10 Å². The molecule has 13 heavy (non-hydrogen) atoms. The minimum atomic E-state index is -0.592. The molecule has 4 atom stereocenters. The number of nitrogens with one attached hydrogen (secondary N) is 1. The summed E-state index contributed by atoms with van der Waals surface area (Å²) in [7, 11) is 0. The van der Waals surface area contributed by atoms with E-state index in [1.54, 1.807) is 0 Å². The second-order valence-electron chi connectivity index (χ2n) is 3.18. The predicted octanol–water partition coefficient (Wildman–Crippen LogP) is -1.58. The van der Waals surface area contributed by atoms with E-state index in [-0.39, 0.29) is 30.9 Å². The molecule has 2 saturated heterocycles. The summed E-state index contributed by atoms with van der Waals surface area (Å²) in [4.78, 5) is 0. The maximum absolute atomic E-state index is 9.36. The second kappa shape index (κ2) is 3.13. The summed E-state index contributed by atoms with van der Waals surface area (Å²) in [5.41, 5.74) is 5.08. The molecule has 2 rings (SSSR count). The molecule has 0 radical (unpaired) electrons. The lowest BCUT2D eigenvalue weighted by Crippen LogP contribution is -2.35. The highest BCUT2D eigenvalue weighted by molar-refractivity contribution is 5.67. The van der Waals surface area contributed by atoms with E-state index in [1.165, 1.54) is 0 Å². The molecule has 0 amide bonds. The first-order valence-electron chi connectivity index (χ1n) is 4.10. The number of ether oxygens (including phenoxy) is 3. The highest BCUT2D eigenvalue weighted by atomic mass is 16.6. The van der Waals surface area contributed by atoms with E-state index >= 15 is 0 Å². The summed E-state index contributed by atoms with van der Waals surface area (Å²) in [6.45, 7) is 0.569. The van der Waals surface area contributed by atoms with Crippen LogP contribution in [0.1, 0.15) is 0 Å². The molecule has 2 aliphatic rings. The van der Waals surface area contributed by atoms with E-state index in [0.717, 1.165) is 0 Å². The standard InChI is InChI=1S/C7H12N2O4/c8-7(9)13-4-2-12-5-3(10)1-11-6(4)5/h3-6,10H,1-2H2,(H3,8,9)/t3-,4-,5-,6-/m1/s1. The van der Waals surface area contributed by atoms with Gasteiger partial charge in [0.1, 0.15) is 18.3 Å². The Morgan fingerprint density at radius 3 is 2.77 bits per heavy atom. The average molecular weight is 188 g/mol. The first-order chi connectivity index (χ1) is 6.18. The van der Waals surface area contributed by atoms with Crippen LogP contribution in [0.5, 0.6) is 0 Å². The molecule has 0 unspecified atom stereocenters. The van der Waals surface area contributed by atoms with Gasteiger partial charge in [0.05, 0.1) is 13.2 Å².